The van der Waals surface area contributed by atoms with Gasteiger partial charge in [0.25, 0.3) is 0 Å². The van der Waals surface area contributed by atoms with E-state index in [-0.39, 0.29) is 11.8 Å². The monoisotopic (exact) mass is 304 g/mol. The number of benzene rings is 1. The van der Waals surface area contributed by atoms with E-state index in [0.29, 0.717) is 6.54 Å². The molecular formula is C17H24N2O3. The zero-order valence-corrected chi connectivity index (χ0v) is 13.2. The van der Waals surface area contributed by atoms with Gasteiger partial charge >= 0.3 is 5.97 Å². The zero-order chi connectivity index (χ0) is 16.1. The maximum Gasteiger partial charge on any atom is 0.326 e. The normalized spacial score (nSPS) is 20.4. The van der Waals surface area contributed by atoms with Crippen molar-refractivity contribution in [3.8, 4) is 0 Å². The van der Waals surface area contributed by atoms with E-state index in [2.05, 4.69) is 17.0 Å². The summed E-state index contributed by atoms with van der Waals surface area (Å²) >= 11 is 0. The predicted octanol–water partition coefficient (Wildman–Crippen LogP) is 1.83. The molecule has 0 aromatic heterocycles. The Morgan fingerprint density at radius 1 is 1.36 bits per heavy atom. The minimum atomic E-state index is -0.965. The van der Waals surface area contributed by atoms with Gasteiger partial charge < -0.3 is 10.0 Å². The topological polar surface area (TPSA) is 60.9 Å². The van der Waals surface area contributed by atoms with Crippen molar-refractivity contribution in [1.29, 1.82) is 0 Å². The fraction of sp³-hybridized carbons (Fsp3) is 0.529. The first kappa shape index (κ1) is 16.5. The summed E-state index contributed by atoms with van der Waals surface area (Å²) < 4.78 is 0. The fourth-order valence-corrected chi connectivity index (χ4v) is 2.89. The Kier molecular flexibility index (Phi) is 5.55. The van der Waals surface area contributed by atoms with Crippen LogP contribution in [0.15, 0.2) is 30.3 Å². The summed E-state index contributed by atoms with van der Waals surface area (Å²) in [6.07, 6.45) is 1.80. The second-order valence-electron chi connectivity index (χ2n) is 6.02. The highest BCUT2D eigenvalue weighted by molar-refractivity contribution is 5.84. The lowest BCUT2D eigenvalue weighted by atomic mass is 9.95. The summed E-state index contributed by atoms with van der Waals surface area (Å²) in [6, 6.07) is 9.42. The number of nitrogens with zero attached hydrogens (tertiary/aromatic N) is 2. The summed E-state index contributed by atoms with van der Waals surface area (Å²) in [4.78, 5) is 27.1. The van der Waals surface area contributed by atoms with Gasteiger partial charge in [0.1, 0.15) is 6.04 Å². The smallest absolute Gasteiger partial charge is 0.326 e. The van der Waals surface area contributed by atoms with Gasteiger partial charge in [-0.3, -0.25) is 9.69 Å². The molecular weight excluding hydrogens is 280 g/mol. The van der Waals surface area contributed by atoms with E-state index in [9.17, 15) is 9.59 Å². The lowest BCUT2D eigenvalue weighted by molar-refractivity contribution is -0.150. The van der Waals surface area contributed by atoms with Gasteiger partial charge in [0, 0.05) is 20.1 Å². The van der Waals surface area contributed by atoms with Crippen LogP contribution in [0.3, 0.4) is 0 Å². The first-order valence-corrected chi connectivity index (χ1v) is 7.74. The highest BCUT2D eigenvalue weighted by Gasteiger charge is 2.31. The molecule has 2 atom stereocenters. The summed E-state index contributed by atoms with van der Waals surface area (Å²) in [6.45, 7) is 4.06. The van der Waals surface area contributed by atoms with Crippen LogP contribution in [0.5, 0.6) is 0 Å². The van der Waals surface area contributed by atoms with E-state index < -0.39 is 12.0 Å². The van der Waals surface area contributed by atoms with Gasteiger partial charge in [0.15, 0.2) is 0 Å². The van der Waals surface area contributed by atoms with Crippen molar-refractivity contribution in [3.63, 3.8) is 0 Å². The molecule has 1 aliphatic heterocycles. The van der Waals surface area contributed by atoms with Crippen molar-refractivity contribution in [2.24, 2.45) is 5.92 Å². The third-order valence-corrected chi connectivity index (χ3v) is 4.39. The third-order valence-electron chi connectivity index (χ3n) is 4.39. The molecule has 1 aromatic rings. The Morgan fingerprint density at radius 3 is 2.68 bits per heavy atom. The van der Waals surface area contributed by atoms with Crippen molar-refractivity contribution in [2.45, 2.75) is 32.4 Å². The molecule has 5 heteroatoms. The molecule has 0 spiro atoms. The number of piperidine rings is 1. The molecule has 1 aromatic carbocycles. The van der Waals surface area contributed by atoms with E-state index in [1.807, 2.05) is 18.2 Å². The molecule has 120 valence electrons. The number of carbonyl (C=O) groups excluding carboxylic acids is 1. The molecule has 22 heavy (non-hydrogen) atoms. The van der Waals surface area contributed by atoms with Crippen LogP contribution < -0.4 is 0 Å². The predicted molar refractivity (Wildman–Crippen MR) is 84.3 cm³/mol. The molecule has 0 saturated carbocycles. The van der Waals surface area contributed by atoms with Gasteiger partial charge in [-0.1, -0.05) is 30.3 Å². The molecule has 2 rings (SSSR count). The largest absolute Gasteiger partial charge is 0.480 e. The van der Waals surface area contributed by atoms with Crippen molar-refractivity contribution in [2.75, 3.05) is 20.1 Å². The Hall–Kier alpha value is -1.88. The molecule has 0 radical (unpaired) electrons. The Bertz CT molecular complexity index is 518. The standard InChI is InChI=1S/C17H24N2O3/c1-13(17(21)22)18(2)16(20)15-9-6-10-19(12-15)11-14-7-4-3-5-8-14/h3-5,7-8,13,15H,6,9-12H2,1-2H3,(H,21,22)/t13-,15+/m1/s1. The molecule has 0 unspecified atom stereocenters. The quantitative estimate of drug-likeness (QED) is 0.901. The zero-order valence-electron chi connectivity index (χ0n) is 13.2. The lowest BCUT2D eigenvalue weighted by Crippen LogP contribution is -2.47. The number of likely N-dealkylation sites (tertiary alicyclic amines) is 1. The third kappa shape index (κ3) is 4.07. The first-order valence-electron chi connectivity index (χ1n) is 7.74. The van der Waals surface area contributed by atoms with E-state index >= 15 is 0 Å². The lowest BCUT2D eigenvalue weighted by Gasteiger charge is -2.34. The van der Waals surface area contributed by atoms with Gasteiger partial charge in [-0.15, -0.1) is 0 Å². The van der Waals surface area contributed by atoms with E-state index in [0.717, 1.165) is 25.9 Å². The van der Waals surface area contributed by atoms with Gasteiger partial charge in [-0.25, -0.2) is 4.79 Å². The first-order chi connectivity index (χ1) is 10.5. The van der Waals surface area contributed by atoms with E-state index in [4.69, 9.17) is 5.11 Å². The molecule has 1 saturated heterocycles. The number of carboxylic acid groups (broad SMARTS) is 1. The minimum absolute atomic E-state index is 0.0624. The number of aliphatic carboxylic acids is 1. The summed E-state index contributed by atoms with van der Waals surface area (Å²) in [5.74, 6) is -1.13. The van der Waals surface area contributed by atoms with Crippen LogP contribution in [0, 0.1) is 5.92 Å². The van der Waals surface area contributed by atoms with Crippen molar-refractivity contribution < 1.29 is 14.7 Å². The fourth-order valence-electron chi connectivity index (χ4n) is 2.89. The summed E-state index contributed by atoms with van der Waals surface area (Å²) in [7, 11) is 1.58. The number of amides is 1. The highest BCUT2D eigenvalue weighted by Crippen LogP contribution is 2.21. The number of likely N-dealkylation sites (N-methyl/N-ethyl adjacent to an activating group) is 1. The van der Waals surface area contributed by atoms with Crippen LogP contribution in [-0.4, -0.2) is 53.0 Å². The number of hydrogen-bond donors (Lipinski definition) is 1. The molecule has 0 aliphatic carbocycles. The molecule has 0 bridgehead atoms. The summed E-state index contributed by atoms with van der Waals surface area (Å²) in [5, 5.41) is 9.04. The maximum atomic E-state index is 12.5. The number of carbonyl (C=O) groups is 2. The van der Waals surface area contributed by atoms with Crippen molar-refractivity contribution in [1.82, 2.24) is 9.80 Å². The van der Waals surface area contributed by atoms with Gasteiger partial charge in [0.2, 0.25) is 5.91 Å². The molecule has 1 fully saturated rings. The van der Waals surface area contributed by atoms with Crippen LogP contribution in [0.25, 0.3) is 0 Å². The Labute approximate surface area is 131 Å². The Balaban J connectivity index is 1.95. The average Bonchev–Trinajstić information content (AvgIpc) is 2.54. The number of carboxylic acids is 1. The highest BCUT2D eigenvalue weighted by atomic mass is 16.4. The van der Waals surface area contributed by atoms with Crippen LogP contribution in [-0.2, 0) is 16.1 Å². The molecule has 1 amide bonds. The molecule has 1 N–H and O–H groups in total. The minimum Gasteiger partial charge on any atom is -0.480 e. The van der Waals surface area contributed by atoms with Crippen molar-refractivity contribution in [3.05, 3.63) is 35.9 Å². The summed E-state index contributed by atoms with van der Waals surface area (Å²) in [5.41, 5.74) is 1.24. The van der Waals surface area contributed by atoms with E-state index in [1.54, 1.807) is 14.0 Å². The van der Waals surface area contributed by atoms with Gasteiger partial charge in [-0.05, 0) is 31.9 Å². The number of hydrogen-bond acceptors (Lipinski definition) is 3. The van der Waals surface area contributed by atoms with Crippen LogP contribution in [0.4, 0.5) is 0 Å². The molecule has 5 nitrogen and oxygen atoms in total. The van der Waals surface area contributed by atoms with Gasteiger partial charge in [0.05, 0.1) is 5.92 Å². The van der Waals surface area contributed by atoms with Crippen molar-refractivity contribution >= 4 is 11.9 Å². The van der Waals surface area contributed by atoms with Crippen LogP contribution >= 0.6 is 0 Å². The van der Waals surface area contributed by atoms with E-state index in [1.165, 1.54) is 10.5 Å². The molecule has 1 aliphatic rings. The van der Waals surface area contributed by atoms with Gasteiger partial charge in [-0.2, -0.15) is 0 Å². The maximum absolute atomic E-state index is 12.5. The van der Waals surface area contributed by atoms with Crippen LogP contribution in [0.2, 0.25) is 0 Å². The SMILES string of the molecule is C[C@H](C(=O)O)N(C)C(=O)[C@H]1CCCN(Cc2ccccc2)C1. The van der Waals surface area contributed by atoms with Crippen LogP contribution in [0.1, 0.15) is 25.3 Å². The Morgan fingerprint density at radius 2 is 2.05 bits per heavy atom. The number of rotatable bonds is 5. The molecule has 1 heterocycles. The average molecular weight is 304 g/mol. The second-order valence-corrected chi connectivity index (χ2v) is 6.02. The second kappa shape index (κ2) is 7.40.